The van der Waals surface area contributed by atoms with Gasteiger partial charge in [-0.05, 0) is 12.8 Å². The predicted octanol–water partition coefficient (Wildman–Crippen LogP) is -4.21. The van der Waals surface area contributed by atoms with Crippen LogP contribution in [-0.2, 0) is 28.8 Å². The van der Waals surface area contributed by atoms with E-state index in [1.54, 1.807) is 0 Å². The number of nitrogens with one attached hydrogen (secondary N) is 3. The molecule has 0 bridgehead atoms. The van der Waals surface area contributed by atoms with Crippen LogP contribution >= 0.6 is 12.6 Å². The third kappa shape index (κ3) is 12.4. The van der Waals surface area contributed by atoms with Crippen LogP contribution < -0.4 is 33.2 Å². The van der Waals surface area contributed by atoms with E-state index >= 15 is 0 Å². The van der Waals surface area contributed by atoms with Gasteiger partial charge in [-0.25, -0.2) is 4.79 Å². The molecule has 17 heteroatoms. The molecule has 0 saturated heterocycles. The standard InChI is InChI=1S/C17H29N7O9S/c18-7(6-34)13(29)23-9(4-11(25)26)15(31)24-10(5-12(27)28)14(30)22-8(16(32)33)2-1-3-21-17(19)20/h7-10,34H,1-6,18H2,(H,22,30)(H,23,29)(H,24,31)(H,25,26)(H,27,28)(H,32,33)(H4,19,20,21). The number of amides is 3. The summed E-state index contributed by atoms with van der Waals surface area (Å²) < 4.78 is 0. The Hall–Kier alpha value is -3.60. The van der Waals surface area contributed by atoms with Crippen molar-refractivity contribution in [3.8, 4) is 0 Å². The monoisotopic (exact) mass is 507 g/mol. The molecule has 3 amide bonds. The number of carbonyl (C=O) groups excluding carboxylic acids is 3. The molecule has 0 aromatic rings. The molecule has 192 valence electrons. The largest absolute Gasteiger partial charge is 0.481 e. The van der Waals surface area contributed by atoms with Crippen molar-refractivity contribution in [2.45, 2.75) is 49.9 Å². The number of aliphatic carboxylic acids is 3. The van der Waals surface area contributed by atoms with Gasteiger partial charge in [0.25, 0.3) is 0 Å². The van der Waals surface area contributed by atoms with Crippen molar-refractivity contribution >= 4 is 54.2 Å². The van der Waals surface area contributed by atoms with Crippen LogP contribution in [0.15, 0.2) is 4.99 Å². The number of rotatable bonds is 16. The summed E-state index contributed by atoms with van der Waals surface area (Å²) >= 11 is 3.82. The summed E-state index contributed by atoms with van der Waals surface area (Å²) in [5.74, 6) is -8.00. The smallest absolute Gasteiger partial charge is 0.326 e. The number of aliphatic imine (C=N–C) groups is 1. The van der Waals surface area contributed by atoms with Crippen LogP contribution in [0, 0.1) is 0 Å². The second kappa shape index (κ2) is 15.3. The molecule has 0 aliphatic heterocycles. The zero-order valence-electron chi connectivity index (χ0n) is 18.0. The molecule has 34 heavy (non-hydrogen) atoms. The number of thiol groups is 1. The van der Waals surface area contributed by atoms with Gasteiger partial charge in [0.2, 0.25) is 17.7 Å². The fraction of sp³-hybridized carbons (Fsp3) is 0.588. The van der Waals surface area contributed by atoms with E-state index in [9.17, 15) is 33.9 Å². The molecule has 0 aliphatic rings. The fourth-order valence-corrected chi connectivity index (χ4v) is 2.60. The molecule has 12 N–H and O–H groups in total. The SMILES string of the molecule is NC(N)=NCCCC(NC(=O)C(CC(=O)O)NC(=O)C(CC(=O)O)NC(=O)C(N)CS)C(=O)O. The predicted molar refractivity (Wildman–Crippen MR) is 120 cm³/mol. The summed E-state index contributed by atoms with van der Waals surface area (Å²) in [5.41, 5.74) is 15.8. The molecule has 0 saturated carbocycles. The summed E-state index contributed by atoms with van der Waals surface area (Å²) in [6.07, 6.45) is -1.82. The highest BCUT2D eigenvalue weighted by molar-refractivity contribution is 7.80. The number of carboxylic acids is 3. The van der Waals surface area contributed by atoms with Gasteiger partial charge in [-0.2, -0.15) is 12.6 Å². The highest BCUT2D eigenvalue weighted by Gasteiger charge is 2.32. The molecule has 4 atom stereocenters. The first-order valence-corrected chi connectivity index (χ1v) is 10.4. The lowest BCUT2D eigenvalue weighted by molar-refractivity contribution is -0.145. The molecule has 0 aliphatic carbocycles. The van der Waals surface area contributed by atoms with Crippen LogP contribution in [-0.4, -0.2) is 93.4 Å². The summed E-state index contributed by atoms with van der Waals surface area (Å²) in [7, 11) is 0. The van der Waals surface area contributed by atoms with Gasteiger partial charge < -0.3 is 48.5 Å². The lowest BCUT2D eigenvalue weighted by atomic mass is 10.1. The Morgan fingerprint density at radius 1 is 0.794 bits per heavy atom. The number of guanidine groups is 1. The van der Waals surface area contributed by atoms with E-state index in [1.807, 2.05) is 5.32 Å². The zero-order chi connectivity index (χ0) is 26.4. The number of hydrogen-bond acceptors (Lipinski definition) is 9. The van der Waals surface area contributed by atoms with Crippen LogP contribution in [0.2, 0.25) is 0 Å². The lowest BCUT2D eigenvalue weighted by Gasteiger charge is -2.23. The zero-order valence-corrected chi connectivity index (χ0v) is 18.9. The van der Waals surface area contributed by atoms with Crippen molar-refractivity contribution in [3.63, 3.8) is 0 Å². The second-order valence-corrected chi connectivity index (χ2v) is 7.32. The number of hydrogen-bond donors (Lipinski definition) is 10. The minimum Gasteiger partial charge on any atom is -0.481 e. The minimum atomic E-state index is -1.78. The van der Waals surface area contributed by atoms with Crippen LogP contribution in [0.3, 0.4) is 0 Å². The van der Waals surface area contributed by atoms with Gasteiger partial charge in [0, 0.05) is 12.3 Å². The lowest BCUT2D eigenvalue weighted by Crippen LogP contribution is -2.58. The Morgan fingerprint density at radius 2 is 1.24 bits per heavy atom. The maximum absolute atomic E-state index is 12.5. The van der Waals surface area contributed by atoms with Crippen molar-refractivity contribution in [2.24, 2.45) is 22.2 Å². The molecule has 4 unspecified atom stereocenters. The first kappa shape index (κ1) is 30.4. The number of nitrogens with two attached hydrogens (primary N) is 3. The van der Waals surface area contributed by atoms with Crippen molar-refractivity contribution < 1.29 is 44.1 Å². The fourth-order valence-electron chi connectivity index (χ4n) is 2.44. The minimum absolute atomic E-state index is 0.0717. The Labute approximate surface area is 199 Å². The van der Waals surface area contributed by atoms with Gasteiger partial charge >= 0.3 is 17.9 Å². The normalized spacial score (nSPS) is 13.9. The molecule has 16 nitrogen and oxygen atoms in total. The highest BCUT2D eigenvalue weighted by atomic mass is 32.1. The maximum Gasteiger partial charge on any atom is 0.326 e. The van der Waals surface area contributed by atoms with E-state index in [1.165, 1.54) is 0 Å². The first-order chi connectivity index (χ1) is 15.8. The molecular weight excluding hydrogens is 478 g/mol. The third-order valence-corrected chi connectivity index (χ3v) is 4.51. The third-order valence-electron chi connectivity index (χ3n) is 4.12. The first-order valence-electron chi connectivity index (χ1n) is 9.77. The van der Waals surface area contributed by atoms with Crippen LogP contribution in [0.1, 0.15) is 25.7 Å². The number of nitrogens with zero attached hydrogens (tertiary/aromatic N) is 1. The van der Waals surface area contributed by atoms with E-state index < -0.39 is 72.6 Å². The molecule has 0 radical (unpaired) electrons. The van der Waals surface area contributed by atoms with Crippen LogP contribution in [0.25, 0.3) is 0 Å². The molecular formula is C17H29N7O9S. The summed E-state index contributed by atoms with van der Waals surface area (Å²) in [5, 5.41) is 33.6. The quantitative estimate of drug-likeness (QED) is 0.0411. The Morgan fingerprint density at radius 3 is 1.62 bits per heavy atom. The van der Waals surface area contributed by atoms with Crippen molar-refractivity contribution in [2.75, 3.05) is 12.3 Å². The van der Waals surface area contributed by atoms with E-state index in [0.717, 1.165) is 0 Å². The molecule has 0 fully saturated rings. The van der Waals surface area contributed by atoms with E-state index in [-0.39, 0.29) is 31.1 Å². The topological polar surface area (TPSA) is 290 Å². The summed E-state index contributed by atoms with van der Waals surface area (Å²) in [6.45, 7) is 0.0717. The van der Waals surface area contributed by atoms with Gasteiger partial charge in [0.1, 0.15) is 18.1 Å². The molecule has 0 aromatic heterocycles. The Kier molecular flexibility index (Phi) is 13.7. The Bertz CT molecular complexity index is 804. The van der Waals surface area contributed by atoms with Gasteiger partial charge in [-0.3, -0.25) is 29.0 Å². The second-order valence-electron chi connectivity index (χ2n) is 6.96. The average molecular weight is 508 g/mol. The van der Waals surface area contributed by atoms with E-state index in [4.69, 9.17) is 27.4 Å². The molecule has 0 aromatic carbocycles. The maximum atomic E-state index is 12.5. The van der Waals surface area contributed by atoms with Crippen LogP contribution in [0.5, 0.6) is 0 Å². The Balaban J connectivity index is 5.45. The molecule has 0 heterocycles. The van der Waals surface area contributed by atoms with E-state index in [2.05, 4.69) is 28.3 Å². The van der Waals surface area contributed by atoms with Gasteiger partial charge in [-0.15, -0.1) is 0 Å². The average Bonchev–Trinajstić information content (AvgIpc) is 2.72. The summed E-state index contributed by atoms with van der Waals surface area (Å²) in [4.78, 5) is 74.4. The van der Waals surface area contributed by atoms with Crippen LogP contribution in [0.4, 0.5) is 0 Å². The molecule has 0 rings (SSSR count). The number of carbonyl (C=O) groups is 6. The van der Waals surface area contributed by atoms with Crippen molar-refractivity contribution in [3.05, 3.63) is 0 Å². The number of carboxylic acid groups (broad SMARTS) is 3. The van der Waals surface area contributed by atoms with Crippen molar-refractivity contribution in [1.29, 1.82) is 0 Å². The highest BCUT2D eigenvalue weighted by Crippen LogP contribution is 2.03. The van der Waals surface area contributed by atoms with E-state index in [0.29, 0.717) is 0 Å². The molecule has 0 spiro atoms. The van der Waals surface area contributed by atoms with Gasteiger partial charge in [0.05, 0.1) is 18.9 Å². The van der Waals surface area contributed by atoms with Gasteiger partial charge in [0.15, 0.2) is 5.96 Å². The van der Waals surface area contributed by atoms with Gasteiger partial charge in [-0.1, -0.05) is 0 Å². The summed E-state index contributed by atoms with van der Waals surface area (Å²) in [6, 6.07) is -6.11. The van der Waals surface area contributed by atoms with Crippen molar-refractivity contribution in [1.82, 2.24) is 16.0 Å².